The summed E-state index contributed by atoms with van der Waals surface area (Å²) in [7, 11) is 3.45. The Morgan fingerprint density at radius 2 is 1.84 bits per heavy atom. The predicted octanol–water partition coefficient (Wildman–Crippen LogP) is 4.51. The van der Waals surface area contributed by atoms with Crippen LogP contribution in [0.3, 0.4) is 0 Å². The largest absolute Gasteiger partial charge is 0.507 e. The molecule has 7 nitrogen and oxygen atoms in total. The van der Waals surface area contributed by atoms with Gasteiger partial charge in [0, 0.05) is 28.9 Å². The van der Waals surface area contributed by atoms with E-state index in [1.807, 2.05) is 7.05 Å². The second-order valence-electron chi connectivity index (χ2n) is 7.84. The molecule has 32 heavy (non-hydrogen) atoms. The molecule has 0 saturated carbocycles. The average Bonchev–Trinajstić information content (AvgIpc) is 2.78. The fraction of sp³-hybridized carbons (Fsp3) is 0.280. The molecule has 0 aliphatic heterocycles. The lowest BCUT2D eigenvalue weighted by atomic mass is 9.99. The number of hydrogen-bond acceptors (Lipinski definition) is 7. The van der Waals surface area contributed by atoms with Gasteiger partial charge in [-0.2, -0.15) is 0 Å². The zero-order valence-electron chi connectivity index (χ0n) is 18.3. The monoisotopic (exact) mass is 435 g/mol. The summed E-state index contributed by atoms with van der Waals surface area (Å²) in [6.07, 6.45) is 2.06. The minimum atomic E-state index is -0.610. The molecule has 0 fully saturated rings. The first kappa shape index (κ1) is 21.6. The highest BCUT2D eigenvalue weighted by molar-refractivity contribution is 5.97. The number of nitrogens with zero attached hydrogens (tertiary/aromatic N) is 1. The predicted molar refractivity (Wildman–Crippen MR) is 123 cm³/mol. The van der Waals surface area contributed by atoms with Gasteiger partial charge in [-0.05, 0) is 44.3 Å². The van der Waals surface area contributed by atoms with Gasteiger partial charge in [0.15, 0.2) is 11.3 Å². The first-order chi connectivity index (χ1) is 15.4. The molecule has 4 rings (SSSR count). The van der Waals surface area contributed by atoms with Crippen LogP contribution < -0.4 is 16.0 Å². The molecule has 0 bridgehead atoms. The van der Waals surface area contributed by atoms with Gasteiger partial charge < -0.3 is 23.6 Å². The molecule has 0 aliphatic rings. The molecule has 0 saturated heterocycles. The summed E-state index contributed by atoms with van der Waals surface area (Å²) in [6, 6.07) is 11.5. The Bertz CT molecular complexity index is 1400. The lowest BCUT2D eigenvalue weighted by molar-refractivity contribution is 0.314. The third-order valence-corrected chi connectivity index (χ3v) is 5.55. The maximum absolute atomic E-state index is 12.9. The van der Waals surface area contributed by atoms with Gasteiger partial charge in [0.1, 0.15) is 11.3 Å². The van der Waals surface area contributed by atoms with E-state index < -0.39 is 11.3 Å². The zero-order valence-corrected chi connectivity index (χ0v) is 18.3. The third kappa shape index (κ3) is 3.99. The quantitative estimate of drug-likeness (QED) is 0.427. The van der Waals surface area contributed by atoms with Gasteiger partial charge in [-0.15, -0.1) is 0 Å². The van der Waals surface area contributed by atoms with Crippen molar-refractivity contribution in [3.05, 3.63) is 68.9 Å². The van der Waals surface area contributed by atoms with Crippen molar-refractivity contribution < 1.29 is 18.7 Å². The molecule has 4 aromatic rings. The number of methoxy groups -OCH3 is 1. The highest BCUT2D eigenvalue weighted by Gasteiger charge is 2.19. The summed E-state index contributed by atoms with van der Waals surface area (Å²) in [5.41, 5.74) is 0.538. The van der Waals surface area contributed by atoms with E-state index in [9.17, 15) is 14.7 Å². The van der Waals surface area contributed by atoms with E-state index in [-0.39, 0.29) is 16.9 Å². The fourth-order valence-corrected chi connectivity index (χ4v) is 3.89. The zero-order chi connectivity index (χ0) is 22.8. The molecule has 0 radical (unpaired) electrons. The molecule has 0 spiro atoms. The molecule has 166 valence electrons. The minimum absolute atomic E-state index is 0.0384. The lowest BCUT2D eigenvalue weighted by Gasteiger charge is -2.18. The van der Waals surface area contributed by atoms with Crippen molar-refractivity contribution in [2.45, 2.75) is 26.3 Å². The van der Waals surface area contributed by atoms with Crippen molar-refractivity contribution in [1.29, 1.82) is 0 Å². The molecule has 0 amide bonds. The van der Waals surface area contributed by atoms with Gasteiger partial charge in [-0.1, -0.05) is 25.5 Å². The standard InChI is InChI=1S/C25H25NO6/c1-4-5-11-26(2)14-19-20(27)10-9-16-17(13-22(28)31-24(16)19)18-12-15-7-6-8-21(30-3)23(15)32-25(18)29/h6-10,12-13,27H,4-5,11,14H2,1-3H3. The number of phenolic OH excluding ortho intramolecular Hbond substituents is 1. The summed E-state index contributed by atoms with van der Waals surface area (Å²) in [5, 5.41) is 11.7. The van der Waals surface area contributed by atoms with Crippen molar-refractivity contribution in [2.75, 3.05) is 20.7 Å². The number of benzene rings is 2. The van der Waals surface area contributed by atoms with E-state index in [1.165, 1.54) is 13.2 Å². The first-order valence-electron chi connectivity index (χ1n) is 10.5. The van der Waals surface area contributed by atoms with Crippen LogP contribution in [0.2, 0.25) is 0 Å². The van der Waals surface area contributed by atoms with Crippen LogP contribution in [0.1, 0.15) is 25.3 Å². The molecule has 2 aromatic carbocycles. The van der Waals surface area contributed by atoms with Crippen LogP contribution in [0, 0.1) is 0 Å². The van der Waals surface area contributed by atoms with E-state index in [0.29, 0.717) is 39.8 Å². The van der Waals surface area contributed by atoms with Crippen molar-refractivity contribution >= 4 is 21.9 Å². The fourth-order valence-electron chi connectivity index (χ4n) is 3.89. The topological polar surface area (TPSA) is 93.1 Å². The third-order valence-electron chi connectivity index (χ3n) is 5.55. The number of rotatable bonds is 7. The molecule has 2 aromatic heterocycles. The number of fused-ring (bicyclic) bond motifs is 2. The lowest BCUT2D eigenvalue weighted by Crippen LogP contribution is -2.19. The summed E-state index contributed by atoms with van der Waals surface area (Å²) in [5.74, 6) is 0.488. The van der Waals surface area contributed by atoms with Crippen LogP contribution >= 0.6 is 0 Å². The maximum atomic E-state index is 12.9. The highest BCUT2D eigenvalue weighted by Crippen LogP contribution is 2.34. The second kappa shape index (κ2) is 8.88. The Labute approximate surface area is 184 Å². The molecule has 0 unspecified atom stereocenters. The molecular formula is C25H25NO6. The number of para-hydroxylation sites is 1. The number of ether oxygens (including phenoxy) is 1. The van der Waals surface area contributed by atoms with E-state index in [1.54, 1.807) is 36.4 Å². The summed E-state index contributed by atoms with van der Waals surface area (Å²) >= 11 is 0. The maximum Gasteiger partial charge on any atom is 0.344 e. The summed E-state index contributed by atoms with van der Waals surface area (Å²) < 4.78 is 16.3. The van der Waals surface area contributed by atoms with Crippen molar-refractivity contribution in [1.82, 2.24) is 4.90 Å². The molecular weight excluding hydrogens is 410 g/mol. The minimum Gasteiger partial charge on any atom is -0.507 e. The number of hydrogen-bond donors (Lipinski definition) is 1. The Morgan fingerprint density at radius 1 is 1.03 bits per heavy atom. The number of unbranched alkanes of at least 4 members (excludes halogenated alkanes) is 1. The van der Waals surface area contributed by atoms with Gasteiger partial charge in [0.2, 0.25) is 0 Å². The molecule has 0 atom stereocenters. The van der Waals surface area contributed by atoms with Gasteiger partial charge in [0.05, 0.1) is 18.2 Å². The molecule has 0 aliphatic carbocycles. The average molecular weight is 435 g/mol. The summed E-state index contributed by atoms with van der Waals surface area (Å²) in [6.45, 7) is 3.35. The van der Waals surface area contributed by atoms with Gasteiger partial charge in [-0.25, -0.2) is 9.59 Å². The Morgan fingerprint density at radius 3 is 2.59 bits per heavy atom. The van der Waals surface area contributed by atoms with E-state index in [4.69, 9.17) is 13.6 Å². The van der Waals surface area contributed by atoms with Crippen LogP contribution in [0.5, 0.6) is 11.5 Å². The van der Waals surface area contributed by atoms with Crippen LogP contribution in [0.15, 0.2) is 60.9 Å². The smallest absolute Gasteiger partial charge is 0.344 e. The van der Waals surface area contributed by atoms with Gasteiger partial charge in [-0.3, -0.25) is 0 Å². The van der Waals surface area contributed by atoms with Crippen molar-refractivity contribution in [3.63, 3.8) is 0 Å². The Kier molecular flexibility index (Phi) is 6.01. The number of aromatic hydroxyl groups is 1. The highest BCUT2D eigenvalue weighted by atomic mass is 16.5. The van der Waals surface area contributed by atoms with E-state index >= 15 is 0 Å². The van der Waals surface area contributed by atoms with E-state index in [2.05, 4.69) is 11.8 Å². The molecule has 1 N–H and O–H groups in total. The van der Waals surface area contributed by atoms with Gasteiger partial charge >= 0.3 is 11.3 Å². The van der Waals surface area contributed by atoms with Crippen molar-refractivity contribution in [2.24, 2.45) is 0 Å². The second-order valence-corrected chi connectivity index (χ2v) is 7.84. The van der Waals surface area contributed by atoms with Gasteiger partial charge in [0.25, 0.3) is 0 Å². The Hall–Kier alpha value is -3.58. The number of phenols is 1. The van der Waals surface area contributed by atoms with Crippen LogP contribution in [0.25, 0.3) is 33.1 Å². The first-order valence-corrected chi connectivity index (χ1v) is 10.5. The normalized spacial score (nSPS) is 11.5. The Balaban J connectivity index is 1.93. The van der Waals surface area contributed by atoms with E-state index in [0.717, 1.165) is 19.4 Å². The van der Waals surface area contributed by atoms with Crippen LogP contribution in [-0.4, -0.2) is 30.7 Å². The molecule has 2 heterocycles. The van der Waals surface area contributed by atoms with Crippen molar-refractivity contribution in [3.8, 4) is 22.6 Å². The van der Waals surface area contributed by atoms with Crippen LogP contribution in [0.4, 0.5) is 0 Å². The summed E-state index contributed by atoms with van der Waals surface area (Å²) in [4.78, 5) is 27.4. The SMILES string of the molecule is CCCCN(C)Cc1c(O)ccc2c(-c3cc4cccc(OC)c4oc3=O)cc(=O)oc12. The van der Waals surface area contributed by atoms with Crippen LogP contribution in [-0.2, 0) is 6.54 Å². The molecule has 7 heteroatoms.